The van der Waals surface area contributed by atoms with Crippen LogP contribution in [0.5, 0.6) is 11.5 Å². The summed E-state index contributed by atoms with van der Waals surface area (Å²) in [7, 11) is 1.49. The van der Waals surface area contributed by atoms with E-state index in [1.54, 1.807) is 36.4 Å². The summed E-state index contributed by atoms with van der Waals surface area (Å²) >= 11 is 6.28. The highest BCUT2D eigenvalue weighted by Crippen LogP contribution is 2.39. The van der Waals surface area contributed by atoms with Gasteiger partial charge >= 0.3 is 5.97 Å². The second kappa shape index (κ2) is 12.0. The predicted molar refractivity (Wildman–Crippen MR) is 153 cm³/mol. The maximum absolute atomic E-state index is 13.7. The number of hydrogen-bond acceptors (Lipinski definition) is 7. The maximum atomic E-state index is 13.7. The monoisotopic (exact) mass is 586 g/mol. The van der Waals surface area contributed by atoms with Gasteiger partial charge in [-0.1, -0.05) is 41.4 Å². The van der Waals surface area contributed by atoms with E-state index in [0.717, 1.165) is 15.6 Å². The molecular formula is C32H27ClN2O7. The van der Waals surface area contributed by atoms with Crippen LogP contribution in [-0.2, 0) is 9.59 Å². The number of benzene rings is 3. The molecule has 0 unspecified atom stereocenters. The number of amides is 3. The van der Waals surface area contributed by atoms with Crippen LogP contribution in [0.4, 0.5) is 0 Å². The fraction of sp³-hybridized carbons (Fsp3) is 0.219. The lowest BCUT2D eigenvalue weighted by Gasteiger charge is -2.30. The number of nitrogens with zero attached hydrogens (tertiary/aromatic N) is 2. The Labute approximate surface area is 247 Å². The topological polar surface area (TPSA) is 110 Å². The Morgan fingerprint density at radius 2 is 1.62 bits per heavy atom. The summed E-state index contributed by atoms with van der Waals surface area (Å²) in [4.78, 5) is 66.6. The second-order valence-corrected chi connectivity index (χ2v) is 10.5. The van der Waals surface area contributed by atoms with Crippen molar-refractivity contribution in [2.24, 2.45) is 11.8 Å². The molecule has 10 heteroatoms. The van der Waals surface area contributed by atoms with Crippen molar-refractivity contribution < 1.29 is 33.4 Å². The number of fused-ring (bicyclic) bond motifs is 1. The van der Waals surface area contributed by atoms with Crippen LogP contribution in [0, 0.1) is 11.8 Å². The van der Waals surface area contributed by atoms with Crippen LogP contribution in [0.1, 0.15) is 50.8 Å². The van der Waals surface area contributed by atoms with Crippen molar-refractivity contribution in [3.63, 3.8) is 0 Å². The number of rotatable bonds is 8. The molecule has 3 aromatic rings. The lowest BCUT2D eigenvalue weighted by atomic mass is 9.82. The number of esters is 1. The zero-order valence-electron chi connectivity index (χ0n) is 22.9. The van der Waals surface area contributed by atoms with Gasteiger partial charge in [-0.3, -0.25) is 19.2 Å². The summed E-state index contributed by atoms with van der Waals surface area (Å²) < 4.78 is 10.5. The van der Waals surface area contributed by atoms with E-state index in [9.17, 15) is 24.0 Å². The fourth-order valence-corrected chi connectivity index (χ4v) is 5.33. The highest BCUT2D eigenvalue weighted by molar-refractivity contribution is 6.34. The van der Waals surface area contributed by atoms with E-state index >= 15 is 0 Å². The summed E-state index contributed by atoms with van der Waals surface area (Å²) in [6.45, 7) is 1.31. The Balaban J connectivity index is 1.37. The molecule has 1 aliphatic heterocycles. The van der Waals surface area contributed by atoms with Crippen molar-refractivity contribution in [1.82, 2.24) is 10.0 Å². The van der Waals surface area contributed by atoms with Gasteiger partial charge in [-0.15, -0.1) is 0 Å². The minimum atomic E-state index is -0.747. The fourth-order valence-electron chi connectivity index (χ4n) is 5.12. The quantitative estimate of drug-likeness (QED) is 0.118. The molecule has 1 fully saturated rings. The summed E-state index contributed by atoms with van der Waals surface area (Å²) in [6.07, 6.45) is 2.71. The highest BCUT2D eigenvalue weighted by Gasteiger charge is 2.51. The van der Waals surface area contributed by atoms with Gasteiger partial charge in [0.15, 0.2) is 5.78 Å². The first-order chi connectivity index (χ1) is 20.2. The average molecular weight is 587 g/mol. The SMILES string of the molecule is COc1cccc(C(=O)Oc2ccc(C(=O)CN(C(=O)c3ccccc3Cl)N3C(=O)[C@H]4CC=C(C)C[C@@H]4C3=O)cc2)c1. The summed E-state index contributed by atoms with van der Waals surface area (Å²) in [5, 5.41) is 1.82. The third-order valence-corrected chi connectivity index (χ3v) is 7.70. The first-order valence-corrected chi connectivity index (χ1v) is 13.6. The number of imide groups is 1. The van der Waals surface area contributed by atoms with Crippen LogP contribution < -0.4 is 9.47 Å². The van der Waals surface area contributed by atoms with Gasteiger partial charge < -0.3 is 9.47 Å². The van der Waals surface area contributed by atoms with E-state index in [1.807, 2.05) is 13.0 Å². The van der Waals surface area contributed by atoms with Gasteiger partial charge in [0.25, 0.3) is 17.7 Å². The Kier molecular flexibility index (Phi) is 8.22. The van der Waals surface area contributed by atoms with E-state index in [-0.39, 0.29) is 27.5 Å². The van der Waals surface area contributed by atoms with Crippen LogP contribution in [-0.4, -0.2) is 53.1 Å². The third-order valence-electron chi connectivity index (χ3n) is 7.37. The van der Waals surface area contributed by atoms with Crippen molar-refractivity contribution in [1.29, 1.82) is 0 Å². The summed E-state index contributed by atoms with van der Waals surface area (Å²) in [5.74, 6) is -3.45. The van der Waals surface area contributed by atoms with Crippen LogP contribution in [0.25, 0.3) is 0 Å². The van der Waals surface area contributed by atoms with Crippen molar-refractivity contribution >= 4 is 41.1 Å². The molecule has 0 bridgehead atoms. The van der Waals surface area contributed by atoms with Crippen LogP contribution >= 0.6 is 11.6 Å². The molecule has 2 aliphatic rings. The van der Waals surface area contributed by atoms with Crippen molar-refractivity contribution in [3.8, 4) is 11.5 Å². The van der Waals surface area contributed by atoms with Gasteiger partial charge in [-0.2, -0.15) is 5.01 Å². The summed E-state index contributed by atoms with van der Waals surface area (Å²) in [6, 6.07) is 18.5. The predicted octanol–water partition coefficient (Wildman–Crippen LogP) is 5.15. The molecular weight excluding hydrogens is 560 g/mol. The summed E-state index contributed by atoms with van der Waals surface area (Å²) in [5.41, 5.74) is 1.51. The molecule has 3 aromatic carbocycles. The van der Waals surface area contributed by atoms with Crippen LogP contribution in [0.3, 0.4) is 0 Å². The van der Waals surface area contributed by atoms with E-state index < -0.39 is 47.9 Å². The number of hydrogen-bond donors (Lipinski definition) is 0. The van der Waals surface area contributed by atoms with Crippen molar-refractivity contribution in [2.45, 2.75) is 19.8 Å². The number of carbonyl (C=O) groups excluding carboxylic acids is 5. The number of ether oxygens (including phenoxy) is 2. The normalized spacial score (nSPS) is 17.8. The van der Waals surface area contributed by atoms with Gasteiger partial charge in [-0.05, 0) is 74.4 Å². The molecule has 3 amide bonds. The van der Waals surface area contributed by atoms with Crippen LogP contribution in [0.2, 0.25) is 5.02 Å². The van der Waals surface area contributed by atoms with Crippen LogP contribution in [0.15, 0.2) is 84.4 Å². The average Bonchev–Trinajstić information content (AvgIpc) is 3.24. The molecule has 0 spiro atoms. The van der Waals surface area contributed by atoms with Gasteiger partial charge in [0.1, 0.15) is 18.0 Å². The first kappa shape index (κ1) is 28.8. The van der Waals surface area contributed by atoms with E-state index in [0.29, 0.717) is 18.6 Å². The molecule has 1 heterocycles. The molecule has 0 radical (unpaired) electrons. The number of carbonyl (C=O) groups is 5. The highest BCUT2D eigenvalue weighted by atomic mass is 35.5. The Bertz CT molecular complexity index is 1620. The molecule has 1 saturated heterocycles. The Morgan fingerprint density at radius 3 is 2.33 bits per heavy atom. The van der Waals surface area contributed by atoms with Gasteiger partial charge in [0.05, 0.1) is 35.1 Å². The smallest absolute Gasteiger partial charge is 0.343 e. The number of allylic oxidation sites excluding steroid dienone is 2. The van der Waals surface area contributed by atoms with E-state index in [2.05, 4.69) is 0 Å². The molecule has 214 valence electrons. The molecule has 2 atom stereocenters. The third kappa shape index (κ3) is 5.69. The molecule has 9 nitrogen and oxygen atoms in total. The lowest BCUT2D eigenvalue weighted by molar-refractivity contribution is -0.154. The van der Waals surface area contributed by atoms with E-state index in [4.69, 9.17) is 21.1 Å². The maximum Gasteiger partial charge on any atom is 0.343 e. The van der Waals surface area contributed by atoms with Gasteiger partial charge in [0.2, 0.25) is 0 Å². The molecule has 42 heavy (non-hydrogen) atoms. The van der Waals surface area contributed by atoms with Gasteiger partial charge in [-0.25, -0.2) is 9.80 Å². The number of ketones is 1. The lowest BCUT2D eigenvalue weighted by Crippen LogP contribution is -2.52. The standard InChI is InChI=1S/C32H27ClN2O7/c1-19-10-15-24-26(16-19)31(39)35(30(24)38)34(29(37)25-8-3-4-9-27(25)33)18-28(36)20-11-13-22(14-12-20)42-32(40)21-6-5-7-23(17-21)41-2/h3-14,17,24,26H,15-16,18H2,1-2H3/t24-,26-/m0/s1. The minimum Gasteiger partial charge on any atom is -0.497 e. The van der Waals surface area contributed by atoms with Crippen molar-refractivity contribution in [2.75, 3.05) is 13.7 Å². The molecule has 0 aromatic heterocycles. The number of hydrazine groups is 1. The number of halogens is 1. The van der Waals surface area contributed by atoms with Gasteiger partial charge in [0, 0.05) is 5.56 Å². The second-order valence-electron chi connectivity index (χ2n) is 10.1. The Morgan fingerprint density at radius 1 is 0.905 bits per heavy atom. The first-order valence-electron chi connectivity index (χ1n) is 13.3. The Hall–Kier alpha value is -4.76. The molecule has 0 saturated carbocycles. The number of Topliss-reactive ketones (excluding diaryl/α,β-unsaturated/α-hetero) is 1. The minimum absolute atomic E-state index is 0.0524. The molecule has 0 N–H and O–H groups in total. The number of methoxy groups -OCH3 is 1. The van der Waals surface area contributed by atoms with E-state index in [1.165, 1.54) is 43.5 Å². The largest absolute Gasteiger partial charge is 0.497 e. The molecule has 1 aliphatic carbocycles. The zero-order chi connectivity index (χ0) is 30.0. The zero-order valence-corrected chi connectivity index (χ0v) is 23.7. The molecule has 5 rings (SSSR count). The van der Waals surface area contributed by atoms with Crippen molar-refractivity contribution in [3.05, 3.63) is 106 Å².